The molecule has 1 saturated carbocycles. The lowest BCUT2D eigenvalue weighted by atomic mass is 9.95. The molecule has 1 aliphatic carbocycles. The zero-order valence-corrected chi connectivity index (χ0v) is 12.2. The molecule has 21 heavy (non-hydrogen) atoms. The summed E-state index contributed by atoms with van der Waals surface area (Å²) in [7, 11) is 0. The number of piperidine rings is 1. The number of ketones is 1. The molecule has 2 aliphatic rings. The molecule has 0 radical (unpaired) electrons. The molecule has 4 nitrogen and oxygen atoms in total. The number of likely N-dealkylation sites (tertiary alicyclic amines) is 1. The lowest BCUT2D eigenvalue weighted by Crippen LogP contribution is -2.48. The largest absolute Gasteiger partial charge is 0.398 e. The van der Waals surface area contributed by atoms with Gasteiger partial charge in [-0.05, 0) is 37.0 Å². The van der Waals surface area contributed by atoms with Gasteiger partial charge in [-0.15, -0.1) is 0 Å². The Morgan fingerprint density at radius 2 is 2.19 bits per heavy atom. The first-order valence-electron chi connectivity index (χ1n) is 7.43. The van der Waals surface area contributed by atoms with Crippen LogP contribution in [0.15, 0.2) is 12.1 Å². The number of aryl methyl sites for hydroxylation is 1. The van der Waals surface area contributed by atoms with E-state index in [0.29, 0.717) is 42.9 Å². The second-order valence-corrected chi connectivity index (χ2v) is 6.07. The standard InChI is InChI=1S/C16H20FN3O/c1-2-10-7-11(17)8-13(18)14(10)15(19)20-6-3-12(21)9-16(20)4-5-16/h7-8,19H,2-6,9,18H2,1H3. The van der Waals surface area contributed by atoms with Crippen molar-refractivity contribution >= 4 is 17.3 Å². The van der Waals surface area contributed by atoms with Crippen molar-refractivity contribution in [2.24, 2.45) is 0 Å². The molecule has 1 aromatic carbocycles. The van der Waals surface area contributed by atoms with E-state index in [-0.39, 0.29) is 17.1 Å². The van der Waals surface area contributed by atoms with Gasteiger partial charge in [-0.2, -0.15) is 0 Å². The van der Waals surface area contributed by atoms with E-state index in [9.17, 15) is 9.18 Å². The fraction of sp³-hybridized carbons (Fsp3) is 0.500. The van der Waals surface area contributed by atoms with Crippen molar-refractivity contribution in [1.29, 1.82) is 5.41 Å². The summed E-state index contributed by atoms with van der Waals surface area (Å²) in [6.07, 6.45) is 3.53. The Balaban J connectivity index is 1.98. The molecule has 2 fully saturated rings. The highest BCUT2D eigenvalue weighted by Gasteiger charge is 2.52. The van der Waals surface area contributed by atoms with Crippen LogP contribution in [-0.4, -0.2) is 28.6 Å². The minimum atomic E-state index is -0.365. The normalized spacial score (nSPS) is 19.9. The Morgan fingerprint density at radius 3 is 2.81 bits per heavy atom. The highest BCUT2D eigenvalue weighted by molar-refractivity contribution is 6.04. The van der Waals surface area contributed by atoms with Crippen molar-refractivity contribution in [3.63, 3.8) is 0 Å². The van der Waals surface area contributed by atoms with Gasteiger partial charge in [0.25, 0.3) is 0 Å². The van der Waals surface area contributed by atoms with Crippen molar-refractivity contribution < 1.29 is 9.18 Å². The number of anilines is 1. The van der Waals surface area contributed by atoms with Crippen LogP contribution in [0.2, 0.25) is 0 Å². The number of rotatable bonds is 2. The molecule has 0 unspecified atom stereocenters. The summed E-state index contributed by atoms with van der Waals surface area (Å²) in [4.78, 5) is 13.7. The molecule has 1 spiro atoms. The van der Waals surface area contributed by atoms with Gasteiger partial charge in [0.05, 0.1) is 0 Å². The highest BCUT2D eigenvalue weighted by atomic mass is 19.1. The van der Waals surface area contributed by atoms with Gasteiger partial charge in [0.15, 0.2) is 0 Å². The van der Waals surface area contributed by atoms with E-state index >= 15 is 0 Å². The maximum absolute atomic E-state index is 13.5. The quantitative estimate of drug-likeness (QED) is 0.499. The third kappa shape index (κ3) is 2.30. The summed E-state index contributed by atoms with van der Waals surface area (Å²) in [5.74, 6) is 0.254. The predicted octanol–water partition coefficient (Wildman–Crippen LogP) is 2.49. The van der Waals surface area contributed by atoms with E-state index in [0.717, 1.165) is 18.4 Å². The van der Waals surface area contributed by atoms with E-state index < -0.39 is 0 Å². The molecule has 1 saturated heterocycles. The number of hydrogen-bond donors (Lipinski definition) is 2. The molecule has 3 rings (SSSR count). The molecule has 0 amide bonds. The fourth-order valence-corrected chi connectivity index (χ4v) is 3.35. The van der Waals surface area contributed by atoms with Crippen LogP contribution in [0.3, 0.4) is 0 Å². The van der Waals surface area contributed by atoms with Crippen LogP contribution in [0.1, 0.15) is 43.7 Å². The second kappa shape index (κ2) is 4.83. The number of Topliss-reactive ketones (excluding diaryl/α,β-unsaturated/α-hetero) is 1. The molecule has 1 aliphatic heterocycles. The minimum absolute atomic E-state index is 0.168. The van der Waals surface area contributed by atoms with Crippen LogP contribution in [0.5, 0.6) is 0 Å². The monoisotopic (exact) mass is 289 g/mol. The van der Waals surface area contributed by atoms with Crippen LogP contribution in [0.25, 0.3) is 0 Å². The average Bonchev–Trinajstić information content (AvgIpc) is 3.16. The molecule has 0 atom stereocenters. The number of nitrogens with one attached hydrogen (secondary N) is 1. The summed E-state index contributed by atoms with van der Waals surface area (Å²) in [6.45, 7) is 2.50. The maximum Gasteiger partial charge on any atom is 0.137 e. The smallest absolute Gasteiger partial charge is 0.137 e. The Kier molecular flexibility index (Phi) is 3.23. The van der Waals surface area contributed by atoms with Crippen LogP contribution in [0.4, 0.5) is 10.1 Å². The Labute approximate surface area is 123 Å². The zero-order valence-electron chi connectivity index (χ0n) is 12.2. The lowest BCUT2D eigenvalue weighted by Gasteiger charge is -2.38. The van der Waals surface area contributed by atoms with E-state index in [2.05, 4.69) is 0 Å². The van der Waals surface area contributed by atoms with Gasteiger partial charge in [-0.1, -0.05) is 6.92 Å². The number of nitrogens with two attached hydrogens (primary N) is 1. The van der Waals surface area contributed by atoms with Gasteiger partial charge < -0.3 is 10.6 Å². The van der Waals surface area contributed by atoms with Gasteiger partial charge in [-0.3, -0.25) is 10.2 Å². The third-order valence-electron chi connectivity index (χ3n) is 4.64. The predicted molar refractivity (Wildman–Crippen MR) is 79.9 cm³/mol. The third-order valence-corrected chi connectivity index (χ3v) is 4.64. The highest BCUT2D eigenvalue weighted by Crippen LogP contribution is 2.48. The summed E-state index contributed by atoms with van der Waals surface area (Å²) < 4.78 is 13.5. The summed E-state index contributed by atoms with van der Waals surface area (Å²) in [6, 6.07) is 2.73. The molecule has 0 bridgehead atoms. The molecular formula is C16H20FN3O. The topological polar surface area (TPSA) is 70.2 Å². The number of carbonyl (C=O) groups is 1. The lowest BCUT2D eigenvalue weighted by molar-refractivity contribution is -0.122. The first kappa shape index (κ1) is 14.0. The number of nitrogen functional groups attached to an aromatic ring is 1. The number of halogens is 1. The second-order valence-electron chi connectivity index (χ2n) is 6.07. The average molecular weight is 289 g/mol. The molecule has 0 aromatic heterocycles. The Bertz CT molecular complexity index is 622. The van der Waals surface area contributed by atoms with Crippen LogP contribution in [0, 0.1) is 11.2 Å². The fourth-order valence-electron chi connectivity index (χ4n) is 3.35. The molecule has 3 N–H and O–H groups in total. The van der Waals surface area contributed by atoms with E-state index in [1.807, 2.05) is 11.8 Å². The first-order valence-corrected chi connectivity index (χ1v) is 7.43. The van der Waals surface area contributed by atoms with Crippen LogP contribution >= 0.6 is 0 Å². The van der Waals surface area contributed by atoms with E-state index in [1.165, 1.54) is 12.1 Å². The number of hydrogen-bond acceptors (Lipinski definition) is 3. The van der Waals surface area contributed by atoms with Crippen molar-refractivity contribution in [3.05, 3.63) is 29.1 Å². The SMILES string of the molecule is CCc1cc(F)cc(N)c1C(=N)N1CCC(=O)CC12CC2. The van der Waals surface area contributed by atoms with E-state index in [1.54, 1.807) is 0 Å². The summed E-state index contributed by atoms with van der Waals surface area (Å²) in [5.41, 5.74) is 7.49. The number of carbonyl (C=O) groups excluding carboxylic acids is 1. The van der Waals surface area contributed by atoms with Gasteiger partial charge in [0.2, 0.25) is 0 Å². The molecule has 1 aromatic rings. The van der Waals surface area contributed by atoms with Crippen LogP contribution < -0.4 is 5.73 Å². The van der Waals surface area contributed by atoms with Gasteiger partial charge in [0, 0.05) is 36.2 Å². The van der Waals surface area contributed by atoms with Crippen molar-refractivity contribution in [2.45, 2.75) is 44.6 Å². The van der Waals surface area contributed by atoms with Crippen molar-refractivity contribution in [1.82, 2.24) is 4.90 Å². The molecule has 1 heterocycles. The zero-order chi connectivity index (χ0) is 15.2. The molecular weight excluding hydrogens is 269 g/mol. The maximum atomic E-state index is 13.5. The Hall–Kier alpha value is -1.91. The minimum Gasteiger partial charge on any atom is -0.398 e. The summed E-state index contributed by atoms with van der Waals surface area (Å²) >= 11 is 0. The number of benzene rings is 1. The number of amidine groups is 1. The van der Waals surface area contributed by atoms with Crippen molar-refractivity contribution in [2.75, 3.05) is 12.3 Å². The Morgan fingerprint density at radius 1 is 1.48 bits per heavy atom. The van der Waals surface area contributed by atoms with Gasteiger partial charge in [-0.25, -0.2) is 4.39 Å². The number of nitrogens with zero attached hydrogens (tertiary/aromatic N) is 1. The first-order chi connectivity index (χ1) is 9.97. The van der Waals surface area contributed by atoms with Crippen molar-refractivity contribution in [3.8, 4) is 0 Å². The molecule has 112 valence electrons. The summed E-state index contributed by atoms with van der Waals surface area (Å²) in [5, 5.41) is 8.55. The molecule has 5 heteroatoms. The van der Waals surface area contributed by atoms with Gasteiger partial charge >= 0.3 is 0 Å². The van der Waals surface area contributed by atoms with Gasteiger partial charge in [0.1, 0.15) is 17.4 Å². The van der Waals surface area contributed by atoms with E-state index in [4.69, 9.17) is 11.1 Å². The van der Waals surface area contributed by atoms with Crippen LogP contribution in [-0.2, 0) is 11.2 Å².